The summed E-state index contributed by atoms with van der Waals surface area (Å²) in [5.74, 6) is -0.125. The van der Waals surface area contributed by atoms with Gasteiger partial charge in [0.15, 0.2) is 0 Å². The number of nitrogens with zero attached hydrogens (tertiary/aromatic N) is 2. The number of rotatable bonds is 4. The number of nitrogens with two attached hydrogens (primary N) is 2. The molecule has 0 aliphatic heterocycles. The van der Waals surface area contributed by atoms with E-state index >= 15 is 0 Å². The van der Waals surface area contributed by atoms with Crippen molar-refractivity contribution in [3.63, 3.8) is 0 Å². The minimum atomic E-state index is -0.506. The summed E-state index contributed by atoms with van der Waals surface area (Å²) >= 11 is 0. The molecule has 2 rings (SSSR count). The van der Waals surface area contributed by atoms with Gasteiger partial charge >= 0.3 is 0 Å². The highest BCUT2D eigenvalue weighted by Crippen LogP contribution is 2.17. The zero-order valence-corrected chi connectivity index (χ0v) is 9.63. The molecule has 0 saturated carbocycles. The summed E-state index contributed by atoms with van der Waals surface area (Å²) in [7, 11) is 0. The van der Waals surface area contributed by atoms with Gasteiger partial charge in [-0.25, -0.2) is 9.97 Å². The van der Waals surface area contributed by atoms with Crippen molar-refractivity contribution < 1.29 is 4.79 Å². The third-order valence-corrected chi connectivity index (χ3v) is 2.36. The van der Waals surface area contributed by atoms with Gasteiger partial charge in [-0.2, -0.15) is 0 Å². The lowest BCUT2D eigenvalue weighted by Gasteiger charge is -2.08. The molecular weight excluding hydrogens is 230 g/mol. The van der Waals surface area contributed by atoms with Crippen LogP contribution in [-0.2, 0) is 6.54 Å². The number of amides is 1. The molecule has 0 spiro atoms. The van der Waals surface area contributed by atoms with E-state index in [1.54, 1.807) is 36.5 Å². The Morgan fingerprint density at radius 1 is 1.28 bits per heavy atom. The number of para-hydroxylation sites is 1. The van der Waals surface area contributed by atoms with Crippen molar-refractivity contribution in [3.8, 4) is 0 Å². The molecule has 0 saturated heterocycles. The van der Waals surface area contributed by atoms with Gasteiger partial charge in [0.1, 0.15) is 0 Å². The van der Waals surface area contributed by atoms with Crippen molar-refractivity contribution >= 4 is 17.5 Å². The highest BCUT2D eigenvalue weighted by molar-refractivity contribution is 5.98. The molecule has 1 aromatic carbocycles. The lowest BCUT2D eigenvalue weighted by Crippen LogP contribution is -2.13. The standard InChI is InChI=1S/C12H13N5O/c13-7-8-5-6-15-12(16-8)17-10-4-2-1-3-9(10)11(14)18/h1-6H,7,13H2,(H2,14,18)(H,15,16,17). The van der Waals surface area contributed by atoms with Gasteiger partial charge in [-0.3, -0.25) is 4.79 Å². The summed E-state index contributed by atoms with van der Waals surface area (Å²) in [6.07, 6.45) is 1.60. The van der Waals surface area contributed by atoms with Crippen molar-refractivity contribution in [2.24, 2.45) is 11.5 Å². The van der Waals surface area contributed by atoms with Crippen LogP contribution in [0.25, 0.3) is 0 Å². The third kappa shape index (κ3) is 2.61. The summed E-state index contributed by atoms with van der Waals surface area (Å²) in [5.41, 5.74) is 12.5. The van der Waals surface area contributed by atoms with Crippen LogP contribution < -0.4 is 16.8 Å². The van der Waals surface area contributed by atoms with Gasteiger partial charge in [0.05, 0.1) is 16.9 Å². The van der Waals surface area contributed by atoms with Crippen LogP contribution in [0.4, 0.5) is 11.6 Å². The van der Waals surface area contributed by atoms with E-state index in [1.807, 2.05) is 0 Å². The Hall–Kier alpha value is -2.47. The van der Waals surface area contributed by atoms with Crippen molar-refractivity contribution in [2.45, 2.75) is 6.54 Å². The Balaban J connectivity index is 2.31. The zero-order chi connectivity index (χ0) is 13.0. The fraction of sp³-hybridized carbons (Fsp3) is 0.0833. The molecule has 0 fully saturated rings. The minimum Gasteiger partial charge on any atom is -0.366 e. The predicted octanol–water partition coefficient (Wildman–Crippen LogP) is 0.778. The quantitative estimate of drug-likeness (QED) is 0.735. The second kappa shape index (κ2) is 5.24. The summed E-state index contributed by atoms with van der Waals surface area (Å²) in [4.78, 5) is 19.5. The van der Waals surface area contributed by atoms with Crippen LogP contribution in [0.15, 0.2) is 36.5 Å². The highest BCUT2D eigenvalue weighted by atomic mass is 16.1. The number of anilines is 2. The van der Waals surface area contributed by atoms with E-state index in [1.165, 1.54) is 0 Å². The fourth-order valence-electron chi connectivity index (χ4n) is 1.50. The lowest BCUT2D eigenvalue weighted by atomic mass is 10.1. The second-order valence-corrected chi connectivity index (χ2v) is 3.61. The van der Waals surface area contributed by atoms with Crippen LogP contribution in [0.2, 0.25) is 0 Å². The molecule has 5 N–H and O–H groups in total. The molecule has 0 aliphatic carbocycles. The first kappa shape index (κ1) is 12.0. The maximum atomic E-state index is 11.3. The van der Waals surface area contributed by atoms with E-state index in [9.17, 15) is 4.79 Å². The normalized spacial score (nSPS) is 10.1. The lowest BCUT2D eigenvalue weighted by molar-refractivity contribution is 0.100. The van der Waals surface area contributed by atoms with E-state index in [4.69, 9.17) is 11.5 Å². The Bertz CT molecular complexity index is 570. The fourth-order valence-corrected chi connectivity index (χ4v) is 1.50. The molecule has 6 nitrogen and oxygen atoms in total. The van der Waals surface area contributed by atoms with Crippen molar-refractivity contribution in [1.82, 2.24) is 9.97 Å². The Kier molecular flexibility index (Phi) is 3.49. The molecule has 92 valence electrons. The molecule has 2 aromatic rings. The minimum absolute atomic E-state index is 0.328. The Morgan fingerprint density at radius 2 is 2.06 bits per heavy atom. The third-order valence-electron chi connectivity index (χ3n) is 2.36. The smallest absolute Gasteiger partial charge is 0.250 e. The van der Waals surface area contributed by atoms with Crippen LogP contribution in [0, 0.1) is 0 Å². The van der Waals surface area contributed by atoms with E-state index in [0.717, 1.165) is 0 Å². The molecule has 1 amide bonds. The second-order valence-electron chi connectivity index (χ2n) is 3.61. The number of nitrogens with one attached hydrogen (secondary N) is 1. The van der Waals surface area contributed by atoms with Gasteiger partial charge in [0.25, 0.3) is 5.91 Å². The van der Waals surface area contributed by atoms with Gasteiger partial charge in [-0.15, -0.1) is 0 Å². The first-order valence-electron chi connectivity index (χ1n) is 5.38. The van der Waals surface area contributed by atoms with E-state index in [0.29, 0.717) is 29.4 Å². The summed E-state index contributed by atoms with van der Waals surface area (Å²) < 4.78 is 0. The largest absolute Gasteiger partial charge is 0.366 e. The molecule has 1 aromatic heterocycles. The van der Waals surface area contributed by atoms with Crippen molar-refractivity contribution in [1.29, 1.82) is 0 Å². The van der Waals surface area contributed by atoms with Crippen molar-refractivity contribution in [3.05, 3.63) is 47.8 Å². The first-order valence-corrected chi connectivity index (χ1v) is 5.38. The maximum Gasteiger partial charge on any atom is 0.250 e. The van der Waals surface area contributed by atoms with Gasteiger partial charge in [-0.1, -0.05) is 12.1 Å². The van der Waals surface area contributed by atoms with Gasteiger partial charge < -0.3 is 16.8 Å². The number of carbonyl (C=O) groups is 1. The zero-order valence-electron chi connectivity index (χ0n) is 9.63. The average molecular weight is 243 g/mol. The topological polar surface area (TPSA) is 107 Å². The van der Waals surface area contributed by atoms with Crippen LogP contribution in [-0.4, -0.2) is 15.9 Å². The van der Waals surface area contributed by atoms with Gasteiger partial charge in [-0.05, 0) is 18.2 Å². The van der Waals surface area contributed by atoms with Crippen LogP contribution in [0.1, 0.15) is 16.1 Å². The van der Waals surface area contributed by atoms with Crippen molar-refractivity contribution in [2.75, 3.05) is 5.32 Å². The molecule has 18 heavy (non-hydrogen) atoms. The molecule has 1 heterocycles. The molecule has 0 radical (unpaired) electrons. The summed E-state index contributed by atoms with van der Waals surface area (Å²) in [6.45, 7) is 0.328. The maximum absolute atomic E-state index is 11.3. The predicted molar refractivity (Wildman–Crippen MR) is 68.2 cm³/mol. The monoisotopic (exact) mass is 243 g/mol. The highest BCUT2D eigenvalue weighted by Gasteiger charge is 2.08. The van der Waals surface area contributed by atoms with Gasteiger partial charge in [0.2, 0.25) is 5.95 Å². The Labute approximate surface area is 104 Å². The molecule has 0 bridgehead atoms. The average Bonchev–Trinajstić information content (AvgIpc) is 2.39. The number of benzene rings is 1. The molecule has 0 atom stereocenters. The number of hydrogen-bond donors (Lipinski definition) is 3. The number of hydrogen-bond acceptors (Lipinski definition) is 5. The molecule has 0 aliphatic rings. The molecule has 6 heteroatoms. The molecule has 0 unspecified atom stereocenters. The first-order chi connectivity index (χ1) is 8.70. The summed E-state index contributed by atoms with van der Waals surface area (Å²) in [6, 6.07) is 8.63. The molecular formula is C12H13N5O. The SMILES string of the molecule is NCc1ccnc(Nc2ccccc2C(N)=O)n1. The number of primary amides is 1. The van der Waals surface area contributed by atoms with Gasteiger partial charge in [0, 0.05) is 12.7 Å². The van der Waals surface area contributed by atoms with E-state index in [-0.39, 0.29) is 0 Å². The van der Waals surface area contributed by atoms with E-state index < -0.39 is 5.91 Å². The number of aromatic nitrogens is 2. The van der Waals surface area contributed by atoms with E-state index in [2.05, 4.69) is 15.3 Å². The van der Waals surface area contributed by atoms with Crippen LogP contribution in [0.5, 0.6) is 0 Å². The van der Waals surface area contributed by atoms with Crippen LogP contribution in [0.3, 0.4) is 0 Å². The number of carbonyl (C=O) groups excluding carboxylic acids is 1. The summed E-state index contributed by atoms with van der Waals surface area (Å²) in [5, 5.41) is 2.95. The van der Waals surface area contributed by atoms with Crippen LogP contribution >= 0.6 is 0 Å². The Morgan fingerprint density at radius 3 is 2.78 bits per heavy atom.